The normalized spacial score (nSPS) is 11.5. The van der Waals surface area contributed by atoms with Gasteiger partial charge >= 0.3 is 12.1 Å². The smallest absolute Gasteiger partial charge is 0.416 e. The number of alkyl halides is 3. The molecular formula is C26H24F3N3O4. The number of aromatic nitrogens is 3. The zero-order valence-corrected chi connectivity index (χ0v) is 19.2. The number of rotatable bonds is 11. The molecule has 2 aromatic heterocycles. The second-order valence-corrected chi connectivity index (χ2v) is 8.17. The lowest BCUT2D eigenvalue weighted by Crippen LogP contribution is -2.05. The van der Waals surface area contributed by atoms with Gasteiger partial charge in [0, 0.05) is 36.2 Å². The van der Waals surface area contributed by atoms with Crippen LogP contribution in [-0.4, -0.2) is 32.6 Å². The van der Waals surface area contributed by atoms with Crippen LogP contribution < -0.4 is 4.74 Å². The summed E-state index contributed by atoms with van der Waals surface area (Å²) in [4.78, 5) is 11.0. The van der Waals surface area contributed by atoms with Gasteiger partial charge in [0.2, 0.25) is 5.88 Å². The van der Waals surface area contributed by atoms with Crippen molar-refractivity contribution >= 4 is 5.97 Å². The van der Waals surface area contributed by atoms with E-state index in [0.29, 0.717) is 48.8 Å². The third kappa shape index (κ3) is 6.53. The highest BCUT2D eigenvalue weighted by Gasteiger charge is 2.30. The van der Waals surface area contributed by atoms with Crippen molar-refractivity contribution in [1.29, 1.82) is 0 Å². The lowest BCUT2D eigenvalue weighted by molar-refractivity contribution is -0.138. The summed E-state index contributed by atoms with van der Waals surface area (Å²) in [6.07, 6.45) is -2.02. The number of hydrogen-bond acceptors (Lipinski definition) is 5. The zero-order chi connectivity index (χ0) is 25.5. The van der Waals surface area contributed by atoms with Crippen LogP contribution >= 0.6 is 0 Å². The number of aryl methyl sites for hydroxylation is 2. The lowest BCUT2D eigenvalue weighted by Gasteiger charge is -2.06. The van der Waals surface area contributed by atoms with E-state index in [4.69, 9.17) is 14.4 Å². The van der Waals surface area contributed by atoms with Gasteiger partial charge in [-0.2, -0.15) is 13.2 Å². The molecule has 4 rings (SSSR count). The maximum atomic E-state index is 12.7. The molecule has 1 N–H and O–H groups in total. The predicted octanol–water partition coefficient (Wildman–Crippen LogP) is 5.97. The molecule has 0 aliphatic rings. The summed E-state index contributed by atoms with van der Waals surface area (Å²) >= 11 is 0. The molecule has 0 fully saturated rings. The number of halogens is 3. The molecule has 0 amide bonds. The molecule has 0 radical (unpaired) electrons. The number of carboxylic acid groups (broad SMARTS) is 1. The first-order valence-electron chi connectivity index (χ1n) is 11.4. The van der Waals surface area contributed by atoms with E-state index in [-0.39, 0.29) is 6.42 Å². The number of carbonyl (C=O) groups is 1. The summed E-state index contributed by atoms with van der Waals surface area (Å²) in [6, 6.07) is 17.7. The number of carboxylic acids is 1. The Balaban J connectivity index is 1.28. The van der Waals surface area contributed by atoms with Crippen molar-refractivity contribution in [3.63, 3.8) is 0 Å². The topological polar surface area (TPSA) is 90.4 Å². The predicted molar refractivity (Wildman–Crippen MR) is 125 cm³/mol. The Bertz CT molecular complexity index is 1280. The fourth-order valence-corrected chi connectivity index (χ4v) is 3.65. The van der Waals surface area contributed by atoms with Crippen LogP contribution in [0.5, 0.6) is 5.88 Å². The minimum absolute atomic E-state index is 0.0103. The van der Waals surface area contributed by atoms with Crippen molar-refractivity contribution in [1.82, 2.24) is 14.9 Å². The van der Waals surface area contributed by atoms with Gasteiger partial charge in [0.25, 0.3) is 0 Å². The second-order valence-electron chi connectivity index (χ2n) is 8.17. The van der Waals surface area contributed by atoms with Gasteiger partial charge in [-0.05, 0) is 37.1 Å². The maximum Gasteiger partial charge on any atom is 0.416 e. The first-order chi connectivity index (χ1) is 17.3. The zero-order valence-electron chi connectivity index (χ0n) is 19.2. The third-order valence-electron chi connectivity index (χ3n) is 5.49. The molecule has 2 heterocycles. The van der Waals surface area contributed by atoms with Crippen molar-refractivity contribution in [3.8, 4) is 22.8 Å². The van der Waals surface area contributed by atoms with E-state index in [9.17, 15) is 18.0 Å². The van der Waals surface area contributed by atoms with Crippen LogP contribution in [0.4, 0.5) is 13.2 Å². The average Bonchev–Trinajstić information content (AvgIpc) is 3.50. The Hall–Kier alpha value is -4.08. The number of unbranched alkanes of at least 4 members (excludes halogenated alkanes) is 1. The maximum absolute atomic E-state index is 12.7. The number of aliphatic carboxylic acids is 1. The first-order valence-corrected chi connectivity index (χ1v) is 11.4. The number of para-hydroxylation sites is 1. The van der Waals surface area contributed by atoms with Crippen LogP contribution in [0.2, 0.25) is 0 Å². The molecule has 4 aromatic rings. The molecule has 36 heavy (non-hydrogen) atoms. The van der Waals surface area contributed by atoms with Gasteiger partial charge < -0.3 is 14.4 Å². The molecule has 0 spiro atoms. The monoisotopic (exact) mass is 499 g/mol. The number of ether oxygens (including phenoxy) is 1. The van der Waals surface area contributed by atoms with Gasteiger partial charge in [-0.25, -0.2) is 4.68 Å². The van der Waals surface area contributed by atoms with E-state index in [1.807, 2.05) is 30.3 Å². The van der Waals surface area contributed by atoms with E-state index in [0.717, 1.165) is 29.9 Å². The van der Waals surface area contributed by atoms with Gasteiger partial charge in [-0.1, -0.05) is 35.5 Å². The number of nitrogens with zero attached hydrogens (tertiary/aromatic N) is 3. The molecule has 0 unspecified atom stereocenters. The fraction of sp³-hybridized carbons (Fsp3) is 0.269. The van der Waals surface area contributed by atoms with E-state index >= 15 is 0 Å². The molecule has 188 valence electrons. The van der Waals surface area contributed by atoms with E-state index in [1.54, 1.807) is 16.8 Å². The summed E-state index contributed by atoms with van der Waals surface area (Å²) < 4.78 is 51.0. The van der Waals surface area contributed by atoms with Crippen molar-refractivity contribution in [2.24, 2.45) is 0 Å². The van der Waals surface area contributed by atoms with Crippen LogP contribution in [0.25, 0.3) is 16.9 Å². The molecule has 0 aliphatic heterocycles. The van der Waals surface area contributed by atoms with E-state index in [1.165, 1.54) is 12.1 Å². The van der Waals surface area contributed by atoms with Crippen molar-refractivity contribution in [2.75, 3.05) is 6.61 Å². The Kier molecular flexibility index (Phi) is 7.72. The van der Waals surface area contributed by atoms with Crippen molar-refractivity contribution < 1.29 is 32.3 Å². The van der Waals surface area contributed by atoms with Gasteiger partial charge in [-0.15, -0.1) is 5.10 Å². The van der Waals surface area contributed by atoms with Crippen LogP contribution in [0.3, 0.4) is 0 Å². The van der Waals surface area contributed by atoms with Gasteiger partial charge in [0.05, 0.1) is 24.3 Å². The Morgan fingerprint density at radius 2 is 1.75 bits per heavy atom. The van der Waals surface area contributed by atoms with Crippen LogP contribution in [0, 0.1) is 0 Å². The highest BCUT2D eigenvalue weighted by Crippen LogP contribution is 2.31. The SMILES string of the molecule is O=C(O)CCc1cc(OCCCCc2cc(-c3ccc(C(F)(F)F)cc3)no2)nn1-c1ccccc1. The Morgan fingerprint density at radius 3 is 2.44 bits per heavy atom. The number of benzene rings is 2. The first kappa shape index (κ1) is 25.0. The quantitative estimate of drug-likeness (QED) is 0.256. The lowest BCUT2D eigenvalue weighted by atomic mass is 10.1. The molecule has 2 aromatic carbocycles. The summed E-state index contributed by atoms with van der Waals surface area (Å²) in [5.41, 5.74) is 1.89. The minimum Gasteiger partial charge on any atom is -0.481 e. The molecule has 0 aliphatic carbocycles. The molecule has 7 nitrogen and oxygen atoms in total. The van der Waals surface area contributed by atoms with E-state index in [2.05, 4.69) is 10.3 Å². The molecule has 0 bridgehead atoms. The van der Waals surface area contributed by atoms with Crippen molar-refractivity contribution in [3.05, 3.63) is 83.7 Å². The van der Waals surface area contributed by atoms with Crippen LogP contribution in [0.1, 0.15) is 36.3 Å². The molecule has 0 saturated heterocycles. The largest absolute Gasteiger partial charge is 0.481 e. The van der Waals surface area contributed by atoms with Gasteiger partial charge in [-0.3, -0.25) is 4.79 Å². The average molecular weight is 499 g/mol. The third-order valence-corrected chi connectivity index (χ3v) is 5.49. The second kappa shape index (κ2) is 11.1. The highest BCUT2D eigenvalue weighted by atomic mass is 19.4. The minimum atomic E-state index is -4.38. The van der Waals surface area contributed by atoms with Crippen LogP contribution in [-0.2, 0) is 23.8 Å². The highest BCUT2D eigenvalue weighted by molar-refractivity contribution is 5.67. The Labute approximate surface area is 205 Å². The summed E-state index contributed by atoms with van der Waals surface area (Å²) in [7, 11) is 0. The van der Waals surface area contributed by atoms with E-state index < -0.39 is 17.7 Å². The fourth-order valence-electron chi connectivity index (χ4n) is 3.65. The van der Waals surface area contributed by atoms with Gasteiger partial charge in [0.1, 0.15) is 11.5 Å². The Morgan fingerprint density at radius 1 is 1.00 bits per heavy atom. The number of hydrogen-bond donors (Lipinski definition) is 1. The molecular weight excluding hydrogens is 475 g/mol. The van der Waals surface area contributed by atoms with Gasteiger partial charge in [0.15, 0.2) is 0 Å². The summed E-state index contributed by atoms with van der Waals surface area (Å²) in [5, 5.41) is 17.5. The standard InChI is InChI=1S/C26H24F3N3O4/c27-26(28,29)19-11-9-18(10-12-19)23-17-22(36-31-23)8-4-5-15-35-24-16-21(13-14-25(33)34)32(30-24)20-6-2-1-3-7-20/h1-3,6-7,9-12,16-17H,4-5,8,13-15H2,(H,33,34). The summed E-state index contributed by atoms with van der Waals surface area (Å²) in [5.74, 6) is 0.171. The molecule has 0 atom stereocenters. The molecule has 0 saturated carbocycles. The summed E-state index contributed by atoms with van der Waals surface area (Å²) in [6.45, 7) is 0.407. The molecule has 10 heteroatoms. The van der Waals surface area contributed by atoms with Crippen LogP contribution in [0.15, 0.2) is 71.3 Å². The van der Waals surface area contributed by atoms with Crippen molar-refractivity contribution in [2.45, 2.75) is 38.3 Å².